The van der Waals surface area contributed by atoms with E-state index in [2.05, 4.69) is 72.2 Å². The van der Waals surface area contributed by atoms with Crippen molar-refractivity contribution >= 4 is 28.7 Å². The van der Waals surface area contributed by atoms with Crippen molar-refractivity contribution < 1.29 is 47.2 Å². The van der Waals surface area contributed by atoms with Crippen LogP contribution in [-0.2, 0) is 55.8 Å². The average molecular weight is 964 g/mol. The minimum Gasteiger partial charge on any atom is -0.464 e. The minimum absolute atomic E-state index is 0.0388. The van der Waals surface area contributed by atoms with Crippen LogP contribution in [0.4, 0.5) is 0 Å². The lowest BCUT2D eigenvalue weighted by Crippen LogP contribution is -2.70. The van der Waals surface area contributed by atoms with Crippen molar-refractivity contribution in [1.82, 2.24) is 35.2 Å². The van der Waals surface area contributed by atoms with Gasteiger partial charge in [0.05, 0.1) is 61.7 Å². The molecule has 1 spiro atoms. The van der Waals surface area contributed by atoms with Crippen LogP contribution in [0, 0.1) is 16.7 Å². The third-order valence-corrected chi connectivity index (χ3v) is 16.2. The Hall–Kier alpha value is -4.75. The van der Waals surface area contributed by atoms with Crippen molar-refractivity contribution in [1.29, 1.82) is 0 Å². The molecule has 6 atom stereocenters. The number of hydrazine groups is 1. The van der Waals surface area contributed by atoms with Crippen LogP contribution in [-0.4, -0.2) is 137 Å². The highest BCUT2D eigenvalue weighted by molar-refractivity contribution is 5.95. The van der Waals surface area contributed by atoms with Crippen LogP contribution >= 0.6 is 0 Å². The molecule has 4 aromatic rings. The number of nitrogens with zero attached hydrogens (tertiary/aromatic N) is 5. The topological polar surface area (TPSA) is 181 Å². The minimum atomic E-state index is -1.13. The quantitative estimate of drug-likeness (QED) is 0.175. The molecule has 0 unspecified atom stereocenters. The van der Waals surface area contributed by atoms with Gasteiger partial charge in [0.2, 0.25) is 5.89 Å². The summed E-state index contributed by atoms with van der Waals surface area (Å²) in [4.78, 5) is 56.2. The number of hydrogen-bond acceptors (Lipinski definition) is 14. The van der Waals surface area contributed by atoms with Gasteiger partial charge < -0.3 is 42.7 Å². The molecule has 376 valence electrons. The predicted octanol–water partition coefficient (Wildman–Crippen LogP) is 6.09. The number of amides is 2. The summed E-state index contributed by atoms with van der Waals surface area (Å²) in [6.45, 7) is 17.1. The van der Waals surface area contributed by atoms with E-state index in [-0.39, 0.29) is 47.7 Å². The first-order chi connectivity index (χ1) is 33.5. The molecule has 6 saturated heterocycles. The van der Waals surface area contributed by atoms with Crippen LogP contribution < -0.4 is 10.7 Å². The molecule has 1 aromatic carbocycles. The summed E-state index contributed by atoms with van der Waals surface area (Å²) in [6, 6.07) is 7.75. The maximum atomic E-state index is 15.2. The number of carbonyl (C=O) groups is 3. The molecule has 17 nitrogen and oxygen atoms in total. The highest BCUT2D eigenvalue weighted by atomic mass is 16.5. The fraction of sp³-hybridized carbons (Fsp3) is 0.642. The van der Waals surface area contributed by atoms with E-state index in [9.17, 15) is 9.59 Å². The Bertz CT molecular complexity index is 2640. The van der Waals surface area contributed by atoms with E-state index in [0.29, 0.717) is 102 Å². The molecule has 7 fully saturated rings. The Morgan fingerprint density at radius 1 is 1.06 bits per heavy atom. The molecule has 8 bridgehead atoms. The van der Waals surface area contributed by atoms with E-state index in [1.165, 1.54) is 5.01 Å². The van der Waals surface area contributed by atoms with Gasteiger partial charge in [-0.15, -0.1) is 0 Å². The number of methoxy groups -OCH3 is 1. The molecule has 1 aliphatic carbocycles. The number of carbonyl (C=O) groups excluding carboxylic acids is 3. The van der Waals surface area contributed by atoms with E-state index in [0.717, 1.165) is 51.8 Å². The molecule has 2 amide bonds. The largest absolute Gasteiger partial charge is 0.464 e. The van der Waals surface area contributed by atoms with Crippen LogP contribution in [0.3, 0.4) is 0 Å². The lowest BCUT2D eigenvalue weighted by Gasteiger charge is -2.57. The number of pyridine rings is 1. The monoisotopic (exact) mass is 964 g/mol. The van der Waals surface area contributed by atoms with Gasteiger partial charge in [-0.1, -0.05) is 19.9 Å². The van der Waals surface area contributed by atoms with Gasteiger partial charge in [0.1, 0.15) is 35.7 Å². The summed E-state index contributed by atoms with van der Waals surface area (Å²) in [5, 5.41) is 5.69. The first kappa shape index (κ1) is 47.6. The number of likely N-dealkylation sites (tertiary alicyclic amines) is 1. The van der Waals surface area contributed by atoms with Gasteiger partial charge in [0.25, 0.3) is 11.8 Å². The van der Waals surface area contributed by atoms with E-state index >= 15 is 4.79 Å². The number of hydrogen-bond donors (Lipinski definition) is 2. The van der Waals surface area contributed by atoms with Crippen LogP contribution in [0.15, 0.2) is 47.2 Å². The van der Waals surface area contributed by atoms with E-state index in [4.69, 9.17) is 42.8 Å². The fourth-order valence-corrected chi connectivity index (χ4v) is 12.3. The first-order valence-electron chi connectivity index (χ1n) is 25.4. The number of rotatable bonds is 10. The second kappa shape index (κ2) is 18.1. The predicted molar refractivity (Wildman–Crippen MR) is 257 cm³/mol. The third kappa shape index (κ3) is 8.66. The number of cyclic esters (lactones) is 1. The first-order valence-corrected chi connectivity index (χ1v) is 25.4. The molecule has 17 heteroatoms. The Labute approximate surface area is 409 Å². The van der Waals surface area contributed by atoms with Crippen LogP contribution in [0.25, 0.3) is 33.4 Å². The molecule has 70 heavy (non-hydrogen) atoms. The maximum absolute atomic E-state index is 15.2. The molecule has 2 N–H and O–H groups in total. The van der Waals surface area contributed by atoms with E-state index in [1.54, 1.807) is 19.6 Å². The number of benzene rings is 1. The van der Waals surface area contributed by atoms with Crippen molar-refractivity contribution in [3.63, 3.8) is 0 Å². The standard InChI is InChI=1S/C53H69N7O10/c1-31-34-21-53(22-34,70-31)49(63)56-43-45(58-26-52(27-58)29-65-30-52)46-55-40(25-67-46)33-12-13-41-37(20-33)38(24-50(3,4)28-68-48(62)39-11-9-16-60(57-39)47(43)61)44(36-10-8-15-54-42(36)32(2)64-7)59(41)17-19-66-35-14-18-69-51(5,6)23-35/h8,10,12-13,15,20,25,31-32,34-35,39,43,45,57H,9,11,14,16-19,21-24,26-30H2,1-7H3,(H,56,63)/t31-,32-,34?,35-,39-,43-,45-,53?/m0/s1. The van der Waals surface area contributed by atoms with Crippen molar-refractivity contribution in [3.05, 3.63) is 59.9 Å². The van der Waals surface area contributed by atoms with Crippen LogP contribution in [0.2, 0.25) is 0 Å². The highest BCUT2D eigenvalue weighted by Crippen LogP contribution is 2.53. The Balaban J connectivity index is 1.04. The summed E-state index contributed by atoms with van der Waals surface area (Å²) in [7, 11) is 1.70. The molecule has 3 aromatic heterocycles. The normalized spacial score (nSPS) is 30.8. The zero-order valence-corrected chi connectivity index (χ0v) is 41.7. The van der Waals surface area contributed by atoms with Crippen LogP contribution in [0.1, 0.15) is 109 Å². The fourth-order valence-electron chi connectivity index (χ4n) is 12.3. The number of esters is 1. The SMILES string of the molecule is CO[C@@H](C)c1ncccc1-c1c2c3cc(ccc3n1CCO[C@H]1CCOC(C)(C)C1)-c1coc(n1)[C@@H](N1CC3(COC3)C1)[C@H](NC(=O)C13CC(C1)[C@H](C)O3)C(=O)N1CCC[C@H](N1)C(=O)OCC(C)(C)C2. The second-order valence-corrected chi connectivity index (χ2v) is 22.7. The van der Waals surface area contributed by atoms with Gasteiger partial charge in [0.15, 0.2) is 0 Å². The highest BCUT2D eigenvalue weighted by Gasteiger charge is 2.62. The van der Waals surface area contributed by atoms with Crippen LogP contribution in [0.5, 0.6) is 0 Å². The molecular formula is C53H69N7O10. The summed E-state index contributed by atoms with van der Waals surface area (Å²) in [5.74, 6) is -0.534. The molecule has 12 rings (SSSR count). The second-order valence-electron chi connectivity index (χ2n) is 22.7. The van der Waals surface area contributed by atoms with E-state index < -0.39 is 35.1 Å². The van der Waals surface area contributed by atoms with Gasteiger partial charge in [-0.3, -0.25) is 29.3 Å². The molecular weight excluding hydrogens is 895 g/mol. The smallest absolute Gasteiger partial charge is 0.324 e. The van der Waals surface area contributed by atoms with Gasteiger partial charge in [-0.25, -0.2) is 10.4 Å². The summed E-state index contributed by atoms with van der Waals surface area (Å²) in [6.07, 6.45) is 7.61. The summed E-state index contributed by atoms with van der Waals surface area (Å²) >= 11 is 0. The van der Waals surface area contributed by atoms with Gasteiger partial charge in [-0.2, -0.15) is 0 Å². The maximum Gasteiger partial charge on any atom is 0.324 e. The lowest BCUT2D eigenvalue weighted by atomic mass is 9.72. The number of aromatic nitrogens is 3. The Morgan fingerprint density at radius 2 is 1.87 bits per heavy atom. The van der Waals surface area contributed by atoms with Crippen molar-refractivity contribution in [3.8, 4) is 22.5 Å². The molecule has 1 saturated carbocycles. The summed E-state index contributed by atoms with van der Waals surface area (Å²) < 4.78 is 45.7. The molecule has 10 heterocycles. The number of nitrogens with one attached hydrogen (secondary N) is 2. The Morgan fingerprint density at radius 3 is 2.60 bits per heavy atom. The Kier molecular flexibility index (Phi) is 12.3. The van der Waals surface area contributed by atoms with Gasteiger partial charge >= 0.3 is 5.97 Å². The lowest BCUT2D eigenvalue weighted by molar-refractivity contribution is -0.204. The summed E-state index contributed by atoms with van der Waals surface area (Å²) in [5.41, 5.74) is 7.63. The average Bonchev–Trinajstić information content (AvgIpc) is 4.07. The zero-order chi connectivity index (χ0) is 48.7. The van der Waals surface area contributed by atoms with E-state index in [1.807, 2.05) is 19.9 Å². The van der Waals surface area contributed by atoms with Crippen molar-refractivity contribution in [2.75, 3.05) is 59.8 Å². The number of ether oxygens (including phenoxy) is 6. The van der Waals surface area contributed by atoms with Gasteiger partial charge in [-0.05, 0) is 102 Å². The van der Waals surface area contributed by atoms with Gasteiger partial charge in [0, 0.05) is 85.4 Å². The zero-order valence-electron chi connectivity index (χ0n) is 41.7. The molecule has 7 aliphatic heterocycles. The number of fused-ring (bicyclic) bond motifs is 7. The van der Waals surface area contributed by atoms with Crippen molar-refractivity contribution in [2.45, 2.75) is 141 Å². The third-order valence-electron chi connectivity index (χ3n) is 16.2. The van der Waals surface area contributed by atoms with Crippen molar-refractivity contribution in [2.24, 2.45) is 16.7 Å². The number of oxazole rings is 1. The molecule has 8 aliphatic rings. The molecule has 0 radical (unpaired) electrons.